The Hall–Kier alpha value is -2.61. The van der Waals surface area contributed by atoms with Gasteiger partial charge in [-0.2, -0.15) is 0 Å². The summed E-state index contributed by atoms with van der Waals surface area (Å²) in [5, 5.41) is 5.29. The summed E-state index contributed by atoms with van der Waals surface area (Å²) in [6.45, 7) is 2.23. The third-order valence-electron chi connectivity index (χ3n) is 4.54. The maximum Gasteiger partial charge on any atom is 0.255 e. The number of nitrogens with one attached hydrogen (secondary N) is 1. The third-order valence-corrected chi connectivity index (χ3v) is 4.54. The number of hydrogen-bond acceptors (Lipinski definition) is 1. The minimum absolute atomic E-state index is 0.0622. The predicted octanol–water partition coefficient (Wildman–Crippen LogP) is 6.21. The van der Waals surface area contributed by atoms with E-state index in [0.717, 1.165) is 17.5 Å². The van der Waals surface area contributed by atoms with Crippen molar-refractivity contribution in [3.8, 4) is 0 Å². The van der Waals surface area contributed by atoms with Gasteiger partial charge in [0.05, 0.1) is 0 Å². The van der Waals surface area contributed by atoms with E-state index in [1.54, 1.807) is 0 Å². The number of fused-ring (bicyclic) bond motifs is 1. The maximum atomic E-state index is 12.4. The Kier molecular flexibility index (Phi) is 5.84. The zero-order valence-corrected chi connectivity index (χ0v) is 14.8. The number of carbonyl (C=O) groups excluding carboxylic acids is 1. The first-order chi connectivity index (χ1) is 12.3. The fourth-order valence-corrected chi connectivity index (χ4v) is 3.05. The van der Waals surface area contributed by atoms with Crippen LogP contribution in [0.4, 0.5) is 5.69 Å². The highest BCUT2D eigenvalue weighted by atomic mass is 16.1. The smallest absolute Gasteiger partial charge is 0.255 e. The van der Waals surface area contributed by atoms with Crippen molar-refractivity contribution < 1.29 is 4.79 Å². The van der Waals surface area contributed by atoms with Gasteiger partial charge < -0.3 is 5.32 Å². The minimum atomic E-state index is -0.0622. The molecule has 0 aliphatic heterocycles. The average Bonchev–Trinajstić information content (AvgIpc) is 2.65. The molecular formula is C23H25NO. The lowest BCUT2D eigenvalue weighted by Gasteiger charge is -2.08. The summed E-state index contributed by atoms with van der Waals surface area (Å²) < 4.78 is 0. The topological polar surface area (TPSA) is 29.1 Å². The number of aryl methyl sites for hydroxylation is 1. The predicted molar refractivity (Wildman–Crippen MR) is 106 cm³/mol. The van der Waals surface area contributed by atoms with Crippen LogP contribution in [0.5, 0.6) is 0 Å². The Morgan fingerprint density at radius 2 is 1.60 bits per heavy atom. The van der Waals surface area contributed by atoms with Crippen LogP contribution in [0.15, 0.2) is 66.7 Å². The number of amides is 1. The van der Waals surface area contributed by atoms with E-state index in [2.05, 4.69) is 36.5 Å². The van der Waals surface area contributed by atoms with Crippen LogP contribution in [0.1, 0.15) is 48.5 Å². The normalized spacial score (nSPS) is 10.8. The van der Waals surface area contributed by atoms with Gasteiger partial charge in [-0.25, -0.2) is 0 Å². The zero-order valence-electron chi connectivity index (χ0n) is 14.8. The van der Waals surface area contributed by atoms with Crippen molar-refractivity contribution >= 4 is 22.4 Å². The van der Waals surface area contributed by atoms with Crippen molar-refractivity contribution in [2.45, 2.75) is 39.0 Å². The van der Waals surface area contributed by atoms with E-state index in [4.69, 9.17) is 0 Å². The minimum Gasteiger partial charge on any atom is -0.322 e. The lowest BCUT2D eigenvalue weighted by molar-refractivity contribution is 0.102. The van der Waals surface area contributed by atoms with E-state index < -0.39 is 0 Å². The Morgan fingerprint density at radius 1 is 0.840 bits per heavy atom. The largest absolute Gasteiger partial charge is 0.322 e. The number of hydrogen-bond donors (Lipinski definition) is 1. The molecule has 25 heavy (non-hydrogen) atoms. The van der Waals surface area contributed by atoms with Gasteiger partial charge in [-0.15, -0.1) is 0 Å². The third kappa shape index (κ3) is 4.69. The molecule has 0 bridgehead atoms. The lowest BCUT2D eigenvalue weighted by atomic mass is 10.0. The van der Waals surface area contributed by atoms with Crippen molar-refractivity contribution in [1.29, 1.82) is 0 Å². The van der Waals surface area contributed by atoms with E-state index in [1.165, 1.54) is 36.6 Å². The molecule has 0 fully saturated rings. The number of carbonyl (C=O) groups is 1. The van der Waals surface area contributed by atoms with Gasteiger partial charge in [-0.05, 0) is 53.4 Å². The molecule has 0 aromatic heterocycles. The number of unbranched alkanes of at least 4 members (excludes halogenated alkanes) is 3. The van der Waals surface area contributed by atoms with Crippen LogP contribution < -0.4 is 5.32 Å². The van der Waals surface area contributed by atoms with Crippen molar-refractivity contribution in [2.75, 3.05) is 5.32 Å². The van der Waals surface area contributed by atoms with Gasteiger partial charge in [0, 0.05) is 11.3 Å². The van der Waals surface area contributed by atoms with Crippen LogP contribution in [0.3, 0.4) is 0 Å². The van der Waals surface area contributed by atoms with Crippen LogP contribution in [0.2, 0.25) is 0 Å². The molecule has 0 unspecified atom stereocenters. The molecule has 0 saturated heterocycles. The lowest BCUT2D eigenvalue weighted by Crippen LogP contribution is -2.11. The van der Waals surface area contributed by atoms with Gasteiger partial charge in [0.2, 0.25) is 0 Å². The van der Waals surface area contributed by atoms with Gasteiger partial charge in [0.1, 0.15) is 0 Å². The molecular weight excluding hydrogens is 306 g/mol. The Balaban J connectivity index is 1.62. The summed E-state index contributed by atoms with van der Waals surface area (Å²) in [4.78, 5) is 12.4. The molecule has 3 aromatic rings. The van der Waals surface area contributed by atoms with Crippen molar-refractivity contribution in [3.63, 3.8) is 0 Å². The average molecular weight is 331 g/mol. The van der Waals surface area contributed by atoms with Crippen LogP contribution in [0.25, 0.3) is 10.8 Å². The summed E-state index contributed by atoms with van der Waals surface area (Å²) in [6, 6.07) is 22.1. The highest BCUT2D eigenvalue weighted by Gasteiger charge is 2.06. The molecule has 3 rings (SSSR count). The fourth-order valence-electron chi connectivity index (χ4n) is 3.05. The Morgan fingerprint density at radius 3 is 2.36 bits per heavy atom. The van der Waals surface area contributed by atoms with Gasteiger partial charge in [0.15, 0.2) is 0 Å². The summed E-state index contributed by atoms with van der Waals surface area (Å²) in [5.41, 5.74) is 2.83. The van der Waals surface area contributed by atoms with E-state index in [-0.39, 0.29) is 5.91 Å². The van der Waals surface area contributed by atoms with Crippen molar-refractivity contribution in [1.82, 2.24) is 0 Å². The zero-order chi connectivity index (χ0) is 17.5. The molecule has 1 N–H and O–H groups in total. The first-order valence-electron chi connectivity index (χ1n) is 9.15. The van der Waals surface area contributed by atoms with Gasteiger partial charge in [-0.3, -0.25) is 4.79 Å². The fraction of sp³-hybridized carbons (Fsp3) is 0.261. The Bertz CT molecular complexity index is 836. The van der Waals surface area contributed by atoms with Gasteiger partial charge >= 0.3 is 0 Å². The second-order valence-corrected chi connectivity index (χ2v) is 6.52. The van der Waals surface area contributed by atoms with Crippen LogP contribution in [0, 0.1) is 0 Å². The second kappa shape index (κ2) is 8.48. The van der Waals surface area contributed by atoms with Crippen LogP contribution in [-0.4, -0.2) is 5.91 Å². The molecule has 0 aliphatic rings. The van der Waals surface area contributed by atoms with Gasteiger partial charge in [0.25, 0.3) is 5.91 Å². The molecule has 0 saturated carbocycles. The number of anilines is 1. The first kappa shape index (κ1) is 17.2. The molecule has 3 aromatic carbocycles. The quantitative estimate of drug-likeness (QED) is 0.512. The van der Waals surface area contributed by atoms with Crippen molar-refractivity contribution in [2.24, 2.45) is 0 Å². The number of rotatable bonds is 7. The molecule has 2 heteroatoms. The second-order valence-electron chi connectivity index (χ2n) is 6.52. The van der Waals surface area contributed by atoms with E-state index in [9.17, 15) is 4.79 Å². The molecule has 2 nitrogen and oxygen atoms in total. The van der Waals surface area contributed by atoms with Crippen LogP contribution >= 0.6 is 0 Å². The SMILES string of the molecule is CCCCCCc1ccc(C(=O)Nc2ccc3ccccc3c2)cc1. The summed E-state index contributed by atoms with van der Waals surface area (Å²) >= 11 is 0. The summed E-state index contributed by atoms with van der Waals surface area (Å²) in [7, 11) is 0. The van der Waals surface area contributed by atoms with Crippen LogP contribution in [-0.2, 0) is 6.42 Å². The molecule has 0 atom stereocenters. The Labute approximate surface area is 149 Å². The van der Waals surface area contributed by atoms with Gasteiger partial charge in [-0.1, -0.05) is 68.7 Å². The monoisotopic (exact) mass is 331 g/mol. The van der Waals surface area contributed by atoms with E-state index >= 15 is 0 Å². The molecule has 1 amide bonds. The molecule has 0 heterocycles. The molecule has 0 spiro atoms. The van der Waals surface area contributed by atoms with E-state index in [1.807, 2.05) is 42.5 Å². The highest BCUT2D eigenvalue weighted by Crippen LogP contribution is 2.19. The maximum absolute atomic E-state index is 12.4. The first-order valence-corrected chi connectivity index (χ1v) is 9.15. The summed E-state index contributed by atoms with van der Waals surface area (Å²) in [6.07, 6.45) is 6.14. The highest BCUT2D eigenvalue weighted by molar-refractivity contribution is 6.05. The molecule has 0 aliphatic carbocycles. The van der Waals surface area contributed by atoms with E-state index in [0.29, 0.717) is 5.56 Å². The molecule has 0 radical (unpaired) electrons. The standard InChI is InChI=1S/C23H25NO/c1-2-3-4-5-8-18-11-13-20(14-12-18)23(25)24-22-16-15-19-9-6-7-10-21(19)17-22/h6-7,9-17H,2-5,8H2,1H3,(H,24,25). The number of benzene rings is 3. The van der Waals surface area contributed by atoms with Crippen molar-refractivity contribution in [3.05, 3.63) is 77.9 Å². The molecule has 128 valence electrons. The summed E-state index contributed by atoms with van der Waals surface area (Å²) in [5.74, 6) is -0.0622.